The second kappa shape index (κ2) is 4.62. The van der Waals surface area contributed by atoms with Gasteiger partial charge in [0.15, 0.2) is 23.3 Å². The molecular formula is C6H2F4N2OS2. The number of rotatable bonds is 2. The van der Waals surface area contributed by atoms with E-state index in [-0.39, 0.29) is 23.4 Å². The highest BCUT2D eigenvalue weighted by molar-refractivity contribution is 8.01. The lowest BCUT2D eigenvalue weighted by Crippen LogP contribution is -2.04. The monoisotopic (exact) mass is 258 g/mol. The van der Waals surface area contributed by atoms with E-state index < -0.39 is 33.9 Å². The number of nitrogens with two attached hydrogens (primary N) is 1. The maximum absolute atomic E-state index is 13.0. The van der Waals surface area contributed by atoms with Crippen LogP contribution in [-0.4, -0.2) is 4.21 Å². The number of anilines is 1. The predicted octanol–water partition coefficient (Wildman–Crippen LogP) is 2.23. The van der Waals surface area contributed by atoms with Gasteiger partial charge in [-0.2, -0.15) is 4.21 Å². The van der Waals surface area contributed by atoms with Crippen molar-refractivity contribution in [3.05, 3.63) is 23.3 Å². The van der Waals surface area contributed by atoms with Crippen LogP contribution in [0, 0.1) is 23.3 Å². The van der Waals surface area contributed by atoms with Crippen LogP contribution >= 0.6 is 11.9 Å². The van der Waals surface area contributed by atoms with E-state index in [1.165, 1.54) is 0 Å². The van der Waals surface area contributed by atoms with Gasteiger partial charge in [-0.1, -0.05) is 0 Å². The van der Waals surface area contributed by atoms with Crippen molar-refractivity contribution in [1.82, 2.24) is 0 Å². The Morgan fingerprint density at radius 3 is 2.07 bits per heavy atom. The molecule has 0 heterocycles. The molecule has 0 atom stereocenters. The first-order valence-corrected chi connectivity index (χ1v) is 4.75. The van der Waals surface area contributed by atoms with Gasteiger partial charge in [0, 0.05) is 11.9 Å². The SMILES string of the molecule is Nc1c(F)c(F)c(F)c(F)c1SN=S=O. The fourth-order valence-electron chi connectivity index (χ4n) is 0.770. The molecule has 0 bridgehead atoms. The lowest BCUT2D eigenvalue weighted by Gasteiger charge is -2.05. The van der Waals surface area contributed by atoms with Crippen molar-refractivity contribution in [1.29, 1.82) is 0 Å². The zero-order valence-electron chi connectivity index (χ0n) is 6.76. The van der Waals surface area contributed by atoms with Crippen molar-refractivity contribution >= 4 is 29.1 Å². The summed E-state index contributed by atoms with van der Waals surface area (Å²) in [5.41, 5.74) is 4.06. The summed E-state index contributed by atoms with van der Waals surface area (Å²) in [6.07, 6.45) is 0. The minimum atomic E-state index is -2.00. The molecule has 0 amide bonds. The number of benzene rings is 1. The van der Waals surface area contributed by atoms with E-state index in [0.717, 1.165) is 0 Å². The highest BCUT2D eigenvalue weighted by Gasteiger charge is 2.24. The van der Waals surface area contributed by atoms with Gasteiger partial charge in [0.25, 0.3) is 0 Å². The maximum Gasteiger partial charge on any atom is 0.212 e. The number of nitrogen functional groups attached to an aromatic ring is 1. The second-order valence-electron chi connectivity index (χ2n) is 2.24. The van der Waals surface area contributed by atoms with Gasteiger partial charge in [0.05, 0.1) is 10.6 Å². The zero-order valence-corrected chi connectivity index (χ0v) is 8.39. The Hall–Kier alpha value is -1.09. The first kappa shape index (κ1) is 12.0. The van der Waals surface area contributed by atoms with Crippen LogP contribution in [0.3, 0.4) is 0 Å². The highest BCUT2D eigenvalue weighted by atomic mass is 32.2. The highest BCUT2D eigenvalue weighted by Crippen LogP contribution is 2.34. The molecule has 0 saturated carbocycles. The standard InChI is InChI=1S/C6H2F4N2OS2/c7-1-2(8)4(10)6(14-12-15-13)5(11)3(1)9/h11H2. The van der Waals surface area contributed by atoms with Gasteiger partial charge >= 0.3 is 0 Å². The fourth-order valence-corrected chi connectivity index (χ4v) is 1.55. The summed E-state index contributed by atoms with van der Waals surface area (Å²) in [6, 6.07) is 0. The van der Waals surface area contributed by atoms with Crippen LogP contribution in [0.1, 0.15) is 0 Å². The molecule has 0 fully saturated rings. The van der Waals surface area contributed by atoms with Crippen molar-refractivity contribution in [3.8, 4) is 0 Å². The van der Waals surface area contributed by atoms with E-state index >= 15 is 0 Å². The molecule has 1 rings (SSSR count). The Bertz CT molecular complexity index is 432. The van der Waals surface area contributed by atoms with Crippen LogP contribution in [0.4, 0.5) is 23.2 Å². The molecule has 0 aromatic heterocycles. The Morgan fingerprint density at radius 2 is 1.53 bits per heavy atom. The molecule has 3 nitrogen and oxygen atoms in total. The molecule has 15 heavy (non-hydrogen) atoms. The molecule has 1 aromatic rings. The Kier molecular flexibility index (Phi) is 3.69. The lowest BCUT2D eigenvalue weighted by molar-refractivity contribution is 0.401. The normalized spacial score (nSPS) is 10.1. The third kappa shape index (κ3) is 2.12. The Labute approximate surface area is 89.0 Å². The summed E-state index contributed by atoms with van der Waals surface area (Å²) < 4.78 is 63.9. The quantitative estimate of drug-likeness (QED) is 0.291. The number of halogens is 4. The van der Waals surface area contributed by atoms with Gasteiger partial charge in [0.1, 0.15) is 0 Å². The molecule has 0 aliphatic carbocycles. The average molecular weight is 258 g/mol. The maximum atomic E-state index is 13.0. The van der Waals surface area contributed by atoms with Crippen LogP contribution in [0.2, 0.25) is 0 Å². The van der Waals surface area contributed by atoms with Gasteiger partial charge in [0.2, 0.25) is 11.5 Å². The Morgan fingerprint density at radius 1 is 1.00 bits per heavy atom. The molecule has 2 N–H and O–H groups in total. The molecule has 82 valence electrons. The van der Waals surface area contributed by atoms with Gasteiger partial charge in [-0.15, -0.1) is 3.77 Å². The van der Waals surface area contributed by atoms with E-state index in [1.54, 1.807) is 0 Å². The topological polar surface area (TPSA) is 55.4 Å². The Balaban J connectivity index is 3.44. The molecule has 0 aliphatic rings. The van der Waals surface area contributed by atoms with E-state index in [0.29, 0.717) is 0 Å². The first-order valence-electron chi connectivity index (χ1n) is 3.28. The van der Waals surface area contributed by atoms with Crippen molar-refractivity contribution in [2.45, 2.75) is 4.90 Å². The molecule has 9 heteroatoms. The van der Waals surface area contributed by atoms with Crippen LogP contribution in [0.25, 0.3) is 0 Å². The molecule has 0 unspecified atom stereocenters. The van der Waals surface area contributed by atoms with Crippen molar-refractivity contribution in [2.75, 3.05) is 5.73 Å². The van der Waals surface area contributed by atoms with Crippen LogP contribution in [-0.2, 0) is 11.5 Å². The van der Waals surface area contributed by atoms with Crippen LogP contribution in [0.5, 0.6) is 0 Å². The average Bonchev–Trinajstić information content (AvgIpc) is 2.24. The summed E-state index contributed by atoms with van der Waals surface area (Å²) in [7, 11) is 0. The summed E-state index contributed by atoms with van der Waals surface area (Å²) in [4.78, 5) is -0.755. The van der Waals surface area contributed by atoms with E-state index in [1.807, 2.05) is 0 Å². The van der Waals surface area contributed by atoms with E-state index in [9.17, 15) is 21.8 Å². The minimum Gasteiger partial charge on any atom is -0.395 e. The summed E-state index contributed by atoms with van der Waals surface area (Å²) in [5.74, 6) is -7.36. The molecular weight excluding hydrogens is 256 g/mol. The van der Waals surface area contributed by atoms with Crippen molar-refractivity contribution < 1.29 is 21.8 Å². The van der Waals surface area contributed by atoms with Crippen LogP contribution < -0.4 is 5.73 Å². The van der Waals surface area contributed by atoms with E-state index in [4.69, 9.17) is 5.73 Å². The zero-order chi connectivity index (χ0) is 11.6. The molecule has 0 aliphatic heterocycles. The summed E-state index contributed by atoms with van der Waals surface area (Å²) in [5, 5.41) is 0. The second-order valence-corrected chi connectivity index (χ2v) is 3.58. The van der Waals surface area contributed by atoms with E-state index in [2.05, 4.69) is 3.77 Å². The van der Waals surface area contributed by atoms with Gasteiger partial charge in [-0.05, 0) is 0 Å². The van der Waals surface area contributed by atoms with Gasteiger partial charge in [-0.25, -0.2) is 17.6 Å². The minimum absolute atomic E-state index is 0.139. The number of hydrogen-bond donors (Lipinski definition) is 1. The van der Waals surface area contributed by atoms with Crippen LogP contribution in [0.15, 0.2) is 8.66 Å². The number of hydrogen-bond acceptors (Lipinski definition) is 4. The summed E-state index contributed by atoms with van der Waals surface area (Å²) >= 11 is -0.154. The summed E-state index contributed by atoms with van der Waals surface area (Å²) in [6.45, 7) is 0. The fraction of sp³-hybridized carbons (Fsp3) is 0. The molecule has 1 aromatic carbocycles. The lowest BCUT2D eigenvalue weighted by atomic mass is 10.2. The smallest absolute Gasteiger partial charge is 0.212 e. The predicted molar refractivity (Wildman–Crippen MR) is 47.1 cm³/mol. The van der Waals surface area contributed by atoms with Gasteiger partial charge < -0.3 is 5.73 Å². The molecule has 0 saturated heterocycles. The van der Waals surface area contributed by atoms with Crippen molar-refractivity contribution in [2.24, 2.45) is 3.77 Å². The molecule has 0 spiro atoms. The van der Waals surface area contributed by atoms with Crippen molar-refractivity contribution in [3.63, 3.8) is 0 Å². The molecule has 0 radical (unpaired) electrons. The third-order valence-electron chi connectivity index (χ3n) is 1.42. The third-order valence-corrected chi connectivity index (χ3v) is 2.54. The number of nitrogens with zero attached hydrogens (tertiary/aromatic N) is 1. The van der Waals surface area contributed by atoms with Gasteiger partial charge in [-0.3, -0.25) is 0 Å². The largest absolute Gasteiger partial charge is 0.395 e. The first-order chi connectivity index (χ1) is 7.00.